The third kappa shape index (κ3) is 7.35. The number of hydrazine groups is 1. The highest BCUT2D eigenvalue weighted by Gasteiger charge is 2.29. The van der Waals surface area contributed by atoms with Crippen LogP contribution >= 0.6 is 0 Å². The van der Waals surface area contributed by atoms with E-state index in [4.69, 9.17) is 9.57 Å². The lowest BCUT2D eigenvalue weighted by Gasteiger charge is -2.21. The van der Waals surface area contributed by atoms with Crippen LogP contribution in [0.3, 0.4) is 0 Å². The van der Waals surface area contributed by atoms with Gasteiger partial charge in [-0.1, -0.05) is 30.3 Å². The summed E-state index contributed by atoms with van der Waals surface area (Å²) in [6.45, 7) is 0.889. The van der Waals surface area contributed by atoms with E-state index in [1.165, 1.54) is 29.3 Å². The molecule has 1 fully saturated rings. The predicted octanol–water partition coefficient (Wildman–Crippen LogP) is 5.91. The minimum Gasteiger partial charge on any atom is -0.569 e. The molecule has 42 heavy (non-hydrogen) atoms. The van der Waals surface area contributed by atoms with E-state index in [0.29, 0.717) is 19.2 Å². The van der Waals surface area contributed by atoms with Crippen LogP contribution in [0, 0.1) is 25.4 Å². The van der Waals surface area contributed by atoms with Crippen LogP contribution in [0.2, 0.25) is 0 Å². The molecule has 0 bridgehead atoms. The zero-order chi connectivity index (χ0) is 30.2. The second-order valence-electron chi connectivity index (χ2n) is 9.56. The van der Waals surface area contributed by atoms with Crippen molar-refractivity contribution in [1.82, 2.24) is 5.01 Å². The number of allylic oxidation sites excluding steroid dienone is 1. The van der Waals surface area contributed by atoms with E-state index >= 15 is 0 Å². The van der Waals surface area contributed by atoms with E-state index in [0.717, 1.165) is 36.6 Å². The molecule has 14 heteroatoms. The number of benzene rings is 3. The summed E-state index contributed by atoms with van der Waals surface area (Å²) in [5, 5.41) is 40.4. The quantitative estimate of drug-likeness (QED) is 0.0668. The summed E-state index contributed by atoms with van der Waals surface area (Å²) in [7, 11) is 3.85. The molecule has 0 unspecified atom stereocenters. The number of ether oxygens (including phenoxy) is 1. The van der Waals surface area contributed by atoms with Crippen molar-refractivity contribution < 1.29 is 29.2 Å². The van der Waals surface area contributed by atoms with Crippen LogP contribution in [-0.4, -0.2) is 52.8 Å². The van der Waals surface area contributed by atoms with Gasteiger partial charge in [0.25, 0.3) is 0 Å². The molecule has 0 atom stereocenters. The lowest BCUT2D eigenvalue weighted by Crippen LogP contribution is -2.35. The summed E-state index contributed by atoms with van der Waals surface area (Å²) in [6, 6.07) is 15.1. The average molecular weight is 577 g/mol. The maximum Gasteiger partial charge on any atom is 0.321 e. The molecule has 1 heterocycles. The Morgan fingerprint density at radius 1 is 0.905 bits per heavy atom. The van der Waals surface area contributed by atoms with Crippen molar-refractivity contribution in [1.29, 1.82) is 0 Å². The average Bonchev–Trinajstić information content (AvgIpc) is 2.99. The van der Waals surface area contributed by atoms with Crippen molar-refractivity contribution in [2.24, 2.45) is 5.28 Å². The highest BCUT2D eigenvalue weighted by atomic mass is 16.7. The normalized spacial score (nSPS) is 13.6. The van der Waals surface area contributed by atoms with Crippen LogP contribution in [0.15, 0.2) is 72.0 Å². The first-order chi connectivity index (χ1) is 20.1. The summed E-state index contributed by atoms with van der Waals surface area (Å²) in [6.07, 6.45) is 5.58. The van der Waals surface area contributed by atoms with Crippen LogP contribution in [0.25, 0.3) is 6.08 Å². The molecule has 0 amide bonds. The third-order valence-corrected chi connectivity index (χ3v) is 6.40. The Bertz CT molecular complexity index is 1530. The van der Waals surface area contributed by atoms with Crippen LogP contribution in [0.1, 0.15) is 35.2 Å². The number of carbonyl (C=O) groups excluding carboxylic acids is 1. The number of hydrogen-bond acceptors (Lipinski definition) is 10. The van der Waals surface area contributed by atoms with Crippen LogP contribution in [0.5, 0.6) is 17.2 Å². The first-order valence-corrected chi connectivity index (χ1v) is 13.0. The van der Waals surface area contributed by atoms with E-state index < -0.39 is 32.7 Å². The number of hydrogen-bond donors (Lipinski definition) is 0. The summed E-state index contributed by atoms with van der Waals surface area (Å²) in [4.78, 5) is 41.6. The fourth-order valence-electron chi connectivity index (χ4n) is 4.15. The molecule has 1 aliphatic heterocycles. The fourth-order valence-corrected chi connectivity index (χ4v) is 4.15. The highest BCUT2D eigenvalue weighted by molar-refractivity contribution is 6.07. The van der Waals surface area contributed by atoms with Crippen molar-refractivity contribution in [3.63, 3.8) is 0 Å². The Kier molecular flexibility index (Phi) is 9.27. The van der Waals surface area contributed by atoms with Crippen LogP contribution < -0.4 is 14.5 Å². The van der Waals surface area contributed by atoms with Gasteiger partial charge in [0.2, 0.25) is 16.8 Å². The molecule has 0 radical (unpaired) electrons. The van der Waals surface area contributed by atoms with Gasteiger partial charge in [0, 0.05) is 31.4 Å². The third-order valence-electron chi connectivity index (χ3n) is 6.40. The molecular formula is C28H28N6O8. The number of nitro benzene ring substituents is 2. The zero-order valence-electron chi connectivity index (χ0n) is 22.9. The van der Waals surface area contributed by atoms with Gasteiger partial charge in [-0.2, -0.15) is 0 Å². The number of anilines is 1. The lowest BCUT2D eigenvalue weighted by molar-refractivity contribution is -0.708. The Morgan fingerprint density at radius 2 is 1.57 bits per heavy atom. The van der Waals surface area contributed by atoms with E-state index in [1.807, 2.05) is 43.3 Å². The Hall–Kier alpha value is -5.53. The second-order valence-corrected chi connectivity index (χ2v) is 9.56. The van der Waals surface area contributed by atoms with E-state index in [-0.39, 0.29) is 22.1 Å². The molecule has 1 saturated heterocycles. The second kappa shape index (κ2) is 13.2. The van der Waals surface area contributed by atoms with Gasteiger partial charge < -0.3 is 14.8 Å². The van der Waals surface area contributed by atoms with Crippen LogP contribution in [-0.2, 0) is 0 Å². The van der Waals surface area contributed by atoms with Crippen molar-refractivity contribution in [3.05, 3.63) is 103 Å². The summed E-state index contributed by atoms with van der Waals surface area (Å²) in [5.41, 5.74) is 0.573. The van der Waals surface area contributed by atoms with Gasteiger partial charge in [-0.05, 0) is 55.2 Å². The molecule has 0 aromatic heterocycles. The molecule has 218 valence electrons. The van der Waals surface area contributed by atoms with E-state index in [9.17, 15) is 30.2 Å². The highest BCUT2D eigenvalue weighted by Crippen LogP contribution is 2.41. The van der Waals surface area contributed by atoms with Gasteiger partial charge in [0.05, 0.1) is 27.9 Å². The number of nitro groups is 2. The number of ketones is 1. The topological polar surface area (TPSA) is 167 Å². The summed E-state index contributed by atoms with van der Waals surface area (Å²) >= 11 is 0. The SMILES string of the molecule is CN(C)c1ccc(/C=C/C(=O)c2cccc(Oc3cc(O/N=[N+](\[O-])N4CCCCC4)c([N+](=O)[O-])cc3[N+](=O)[O-])c2)cc1. The van der Waals surface area contributed by atoms with Crippen molar-refractivity contribution in [2.45, 2.75) is 19.3 Å². The van der Waals surface area contributed by atoms with Gasteiger partial charge in [-0.15, -0.1) is 5.01 Å². The monoisotopic (exact) mass is 576 g/mol. The number of carbonyl (C=O) groups is 1. The molecule has 4 rings (SSSR count). The lowest BCUT2D eigenvalue weighted by atomic mass is 10.1. The van der Waals surface area contributed by atoms with E-state index in [1.54, 1.807) is 12.1 Å². The van der Waals surface area contributed by atoms with Crippen molar-refractivity contribution in [2.75, 3.05) is 32.1 Å². The Balaban J connectivity index is 1.57. The number of rotatable bonds is 11. The standard InChI is InChI=1S/C28H28N6O8/c1-30(2)22-12-9-20(10-13-22)11-14-26(35)21-7-6-8-23(17-21)41-27-19-28(25(33(38)39)18-24(27)32(36)37)42-29-34(40)31-15-4-3-5-16-31/h6-14,17-19H,3-5,15-16H2,1-2H3/b14-11+,34-29-. The van der Waals surface area contributed by atoms with Gasteiger partial charge in [-0.3, -0.25) is 29.9 Å². The molecule has 0 aliphatic carbocycles. The first-order valence-electron chi connectivity index (χ1n) is 13.0. The maximum absolute atomic E-state index is 12.8. The first kappa shape index (κ1) is 29.5. The molecule has 0 saturated carbocycles. The smallest absolute Gasteiger partial charge is 0.321 e. The summed E-state index contributed by atoms with van der Waals surface area (Å²) < 4.78 is 5.69. The van der Waals surface area contributed by atoms with Crippen molar-refractivity contribution in [3.8, 4) is 17.2 Å². The van der Waals surface area contributed by atoms with Gasteiger partial charge in [-0.25, -0.2) is 0 Å². The molecule has 0 N–H and O–H groups in total. The molecular weight excluding hydrogens is 548 g/mol. The zero-order valence-corrected chi connectivity index (χ0v) is 22.9. The van der Waals surface area contributed by atoms with E-state index in [2.05, 4.69) is 5.28 Å². The van der Waals surface area contributed by atoms with Gasteiger partial charge in [0.15, 0.2) is 5.78 Å². The van der Waals surface area contributed by atoms with Crippen molar-refractivity contribution >= 4 is 28.9 Å². The van der Waals surface area contributed by atoms with Gasteiger partial charge >= 0.3 is 11.4 Å². The minimum atomic E-state index is -0.892. The molecule has 3 aromatic rings. The van der Waals surface area contributed by atoms with Gasteiger partial charge in [0.1, 0.15) is 11.8 Å². The molecule has 3 aromatic carbocycles. The van der Waals surface area contributed by atoms with Crippen LogP contribution in [0.4, 0.5) is 17.1 Å². The molecule has 1 aliphatic rings. The Morgan fingerprint density at radius 3 is 2.21 bits per heavy atom. The molecule has 0 spiro atoms. The summed E-state index contributed by atoms with van der Waals surface area (Å²) in [5.74, 6) is -1.23. The largest absolute Gasteiger partial charge is 0.569 e. The number of nitrogens with zero attached hydrogens (tertiary/aromatic N) is 6. The molecule has 14 nitrogen and oxygen atoms in total. The predicted molar refractivity (Wildman–Crippen MR) is 153 cm³/mol. The number of piperidine rings is 1. The maximum atomic E-state index is 12.8. The fraction of sp³-hybridized carbons (Fsp3) is 0.250. The Labute approximate surface area is 240 Å². The minimum absolute atomic E-state index is 0.0585.